The quantitative estimate of drug-likeness (QED) is 0.857. The highest BCUT2D eigenvalue weighted by atomic mass is 35.5. The molecule has 2 aromatic rings. The van der Waals surface area contributed by atoms with Gasteiger partial charge in [0.1, 0.15) is 5.82 Å². The Morgan fingerprint density at radius 1 is 1.27 bits per heavy atom. The van der Waals surface area contributed by atoms with Gasteiger partial charge in [0.2, 0.25) is 0 Å². The average molecular weight is 321 g/mol. The molecule has 0 bridgehead atoms. The van der Waals surface area contributed by atoms with Crippen molar-refractivity contribution in [2.24, 2.45) is 0 Å². The van der Waals surface area contributed by atoms with Crippen LogP contribution in [0.3, 0.4) is 0 Å². The molecule has 1 saturated heterocycles. The molecule has 6 heteroatoms. The van der Waals surface area contributed by atoms with Gasteiger partial charge in [0.05, 0.1) is 19.8 Å². The first-order valence-corrected chi connectivity index (χ1v) is 7.97. The van der Waals surface area contributed by atoms with Crippen molar-refractivity contribution in [1.82, 2.24) is 20.2 Å². The molecule has 2 N–H and O–H groups in total. The first-order valence-electron chi connectivity index (χ1n) is 7.59. The van der Waals surface area contributed by atoms with Crippen LogP contribution in [-0.4, -0.2) is 47.7 Å². The van der Waals surface area contributed by atoms with Crippen LogP contribution < -0.4 is 5.32 Å². The van der Waals surface area contributed by atoms with Gasteiger partial charge in [0.25, 0.3) is 0 Å². The van der Waals surface area contributed by atoms with E-state index in [0.29, 0.717) is 6.04 Å². The highest BCUT2D eigenvalue weighted by Crippen LogP contribution is 2.23. The lowest BCUT2D eigenvalue weighted by molar-refractivity contribution is 0.0160. The number of nitrogens with zero attached hydrogens (tertiary/aromatic N) is 2. The maximum Gasteiger partial charge on any atom is 0.120 e. The predicted molar refractivity (Wildman–Crippen MR) is 86.9 cm³/mol. The van der Waals surface area contributed by atoms with E-state index in [-0.39, 0.29) is 0 Å². The summed E-state index contributed by atoms with van der Waals surface area (Å²) in [6.45, 7) is 5.10. The normalized spacial score (nSPS) is 17.5. The summed E-state index contributed by atoms with van der Waals surface area (Å²) in [4.78, 5) is 9.81. The van der Waals surface area contributed by atoms with Gasteiger partial charge in [0.15, 0.2) is 0 Å². The molecule has 1 fully saturated rings. The van der Waals surface area contributed by atoms with E-state index in [9.17, 15) is 0 Å². The number of hydrogen-bond donors (Lipinski definition) is 2. The van der Waals surface area contributed by atoms with Gasteiger partial charge in [-0.2, -0.15) is 0 Å². The smallest absolute Gasteiger partial charge is 0.120 e. The molecule has 118 valence electrons. The second kappa shape index (κ2) is 7.74. The summed E-state index contributed by atoms with van der Waals surface area (Å²) in [6, 6.07) is 8.44. The minimum Gasteiger partial charge on any atom is -0.379 e. The number of rotatable bonds is 6. The van der Waals surface area contributed by atoms with Crippen LogP contribution in [0.1, 0.15) is 17.4 Å². The van der Waals surface area contributed by atoms with Gasteiger partial charge in [-0.05, 0) is 17.7 Å². The molecule has 0 aliphatic carbocycles. The molecular weight excluding hydrogens is 300 g/mol. The van der Waals surface area contributed by atoms with Crippen molar-refractivity contribution in [2.75, 3.05) is 32.8 Å². The number of morpholine rings is 1. The van der Waals surface area contributed by atoms with E-state index in [4.69, 9.17) is 16.3 Å². The Hall–Kier alpha value is -1.40. The van der Waals surface area contributed by atoms with Crippen molar-refractivity contribution in [3.63, 3.8) is 0 Å². The summed E-state index contributed by atoms with van der Waals surface area (Å²) in [5.74, 6) is 0.955. The first kappa shape index (κ1) is 15.5. The zero-order valence-electron chi connectivity index (χ0n) is 12.5. The van der Waals surface area contributed by atoms with Crippen LogP contribution in [0.25, 0.3) is 0 Å². The SMILES string of the molecule is Clc1ccc(C(CNCc2ncc[nH]2)N2CCOCC2)cc1. The fourth-order valence-corrected chi connectivity index (χ4v) is 2.88. The monoisotopic (exact) mass is 320 g/mol. The fourth-order valence-electron chi connectivity index (χ4n) is 2.75. The molecular formula is C16H21ClN4O. The Morgan fingerprint density at radius 2 is 2.05 bits per heavy atom. The number of imidazole rings is 1. The zero-order chi connectivity index (χ0) is 15.2. The van der Waals surface area contributed by atoms with Gasteiger partial charge in [-0.1, -0.05) is 23.7 Å². The third-order valence-electron chi connectivity index (χ3n) is 3.93. The zero-order valence-corrected chi connectivity index (χ0v) is 13.2. The van der Waals surface area contributed by atoms with Crippen molar-refractivity contribution in [1.29, 1.82) is 0 Å². The summed E-state index contributed by atoms with van der Waals surface area (Å²) in [5.41, 5.74) is 1.28. The molecule has 0 saturated carbocycles. The summed E-state index contributed by atoms with van der Waals surface area (Å²) < 4.78 is 5.47. The van der Waals surface area contributed by atoms with E-state index in [0.717, 1.165) is 50.2 Å². The lowest BCUT2D eigenvalue weighted by Gasteiger charge is -2.35. The van der Waals surface area contributed by atoms with E-state index in [1.165, 1.54) is 5.56 Å². The topological polar surface area (TPSA) is 53.2 Å². The first-order chi connectivity index (χ1) is 10.8. The molecule has 1 aliphatic rings. The van der Waals surface area contributed by atoms with Gasteiger partial charge in [0, 0.05) is 43.1 Å². The maximum absolute atomic E-state index is 6.01. The summed E-state index contributed by atoms with van der Waals surface area (Å²) in [7, 11) is 0. The van der Waals surface area contributed by atoms with E-state index in [1.807, 2.05) is 18.3 Å². The molecule has 0 spiro atoms. The number of benzene rings is 1. The lowest BCUT2D eigenvalue weighted by atomic mass is 10.0. The summed E-state index contributed by atoms with van der Waals surface area (Å²) in [6.07, 6.45) is 3.62. The highest BCUT2D eigenvalue weighted by molar-refractivity contribution is 6.30. The van der Waals surface area contributed by atoms with Crippen LogP contribution in [0.2, 0.25) is 5.02 Å². The number of H-pyrrole nitrogens is 1. The highest BCUT2D eigenvalue weighted by Gasteiger charge is 2.22. The molecule has 0 radical (unpaired) electrons. The summed E-state index contributed by atoms with van der Waals surface area (Å²) >= 11 is 6.01. The molecule has 5 nitrogen and oxygen atoms in total. The Labute approximate surface area is 135 Å². The number of halogens is 1. The van der Waals surface area contributed by atoms with Crippen LogP contribution >= 0.6 is 11.6 Å². The van der Waals surface area contributed by atoms with E-state index >= 15 is 0 Å². The minimum absolute atomic E-state index is 0.316. The van der Waals surface area contributed by atoms with Gasteiger partial charge in [-0.3, -0.25) is 4.90 Å². The van der Waals surface area contributed by atoms with Crippen LogP contribution in [0.15, 0.2) is 36.7 Å². The molecule has 1 aromatic heterocycles. The molecule has 3 rings (SSSR count). The van der Waals surface area contributed by atoms with Crippen molar-refractivity contribution in [2.45, 2.75) is 12.6 Å². The molecule has 1 aromatic carbocycles. The van der Waals surface area contributed by atoms with Crippen LogP contribution in [0, 0.1) is 0 Å². The van der Waals surface area contributed by atoms with Gasteiger partial charge >= 0.3 is 0 Å². The average Bonchev–Trinajstić information content (AvgIpc) is 3.07. The Bertz CT molecular complexity index is 552. The number of hydrogen-bond acceptors (Lipinski definition) is 4. The standard InChI is InChI=1S/C16H21ClN4O/c17-14-3-1-13(2-4-14)15(21-7-9-22-10-8-21)11-18-12-16-19-5-6-20-16/h1-6,15,18H,7-12H2,(H,19,20). The largest absolute Gasteiger partial charge is 0.379 e. The van der Waals surface area contributed by atoms with Crippen LogP contribution in [0.5, 0.6) is 0 Å². The molecule has 1 unspecified atom stereocenters. The van der Waals surface area contributed by atoms with E-state index in [1.54, 1.807) is 6.20 Å². The third-order valence-corrected chi connectivity index (χ3v) is 4.18. The number of ether oxygens (including phenoxy) is 1. The lowest BCUT2D eigenvalue weighted by Crippen LogP contribution is -2.42. The van der Waals surface area contributed by atoms with Crippen LogP contribution in [-0.2, 0) is 11.3 Å². The molecule has 22 heavy (non-hydrogen) atoms. The fraction of sp³-hybridized carbons (Fsp3) is 0.438. The number of aromatic nitrogens is 2. The Morgan fingerprint density at radius 3 is 2.73 bits per heavy atom. The summed E-state index contributed by atoms with van der Waals surface area (Å²) in [5, 5.41) is 4.26. The molecule has 1 atom stereocenters. The van der Waals surface area contributed by atoms with Crippen LogP contribution in [0.4, 0.5) is 0 Å². The van der Waals surface area contributed by atoms with Crippen molar-refractivity contribution >= 4 is 11.6 Å². The third kappa shape index (κ3) is 4.08. The van der Waals surface area contributed by atoms with E-state index in [2.05, 4.69) is 32.3 Å². The van der Waals surface area contributed by atoms with Crippen molar-refractivity contribution < 1.29 is 4.74 Å². The minimum atomic E-state index is 0.316. The van der Waals surface area contributed by atoms with Gasteiger partial charge in [-0.15, -0.1) is 0 Å². The van der Waals surface area contributed by atoms with Crippen molar-refractivity contribution in [3.8, 4) is 0 Å². The van der Waals surface area contributed by atoms with Gasteiger partial charge in [-0.25, -0.2) is 4.98 Å². The van der Waals surface area contributed by atoms with E-state index < -0.39 is 0 Å². The Kier molecular flexibility index (Phi) is 5.45. The maximum atomic E-state index is 6.01. The van der Waals surface area contributed by atoms with Crippen molar-refractivity contribution in [3.05, 3.63) is 53.1 Å². The van der Waals surface area contributed by atoms with Gasteiger partial charge < -0.3 is 15.0 Å². The predicted octanol–water partition coefficient (Wildman–Crippen LogP) is 2.23. The number of aromatic amines is 1. The second-order valence-corrected chi connectivity index (χ2v) is 5.82. The second-order valence-electron chi connectivity index (χ2n) is 5.38. The number of nitrogens with one attached hydrogen (secondary N) is 2. The molecule has 0 amide bonds. The molecule has 1 aliphatic heterocycles. The molecule has 2 heterocycles. The Balaban J connectivity index is 1.66.